The van der Waals surface area contributed by atoms with E-state index in [1.54, 1.807) is 0 Å². The van der Waals surface area contributed by atoms with Gasteiger partial charge in [-0.05, 0) is 41.1 Å². The molecule has 1 heterocycles. The van der Waals surface area contributed by atoms with E-state index in [1.165, 1.54) is 16.0 Å². The summed E-state index contributed by atoms with van der Waals surface area (Å²) < 4.78 is 1.07. The minimum absolute atomic E-state index is 0.410. The van der Waals surface area contributed by atoms with Crippen molar-refractivity contribution >= 4 is 32.4 Å². The summed E-state index contributed by atoms with van der Waals surface area (Å²) in [5, 5.41) is 12.7. The van der Waals surface area contributed by atoms with Crippen LogP contribution in [0.25, 0.3) is 10.8 Å². The summed E-state index contributed by atoms with van der Waals surface area (Å²) in [6.45, 7) is 5.14. The fraction of sp³-hybridized carbons (Fsp3) is 0.238. The van der Waals surface area contributed by atoms with Gasteiger partial charge in [0.1, 0.15) is 12.3 Å². The van der Waals surface area contributed by atoms with Crippen LogP contribution >= 0.6 is 15.9 Å². The minimum atomic E-state index is 0.410. The highest BCUT2D eigenvalue weighted by atomic mass is 79.9. The van der Waals surface area contributed by atoms with Crippen molar-refractivity contribution in [3.63, 3.8) is 0 Å². The fourth-order valence-electron chi connectivity index (χ4n) is 3.69. The lowest BCUT2D eigenvalue weighted by Crippen LogP contribution is -3.13. The lowest BCUT2D eigenvalue weighted by atomic mass is 10.0. The van der Waals surface area contributed by atoms with Crippen molar-refractivity contribution in [3.05, 3.63) is 70.7 Å². The van der Waals surface area contributed by atoms with Crippen molar-refractivity contribution in [2.24, 2.45) is 0 Å². The van der Waals surface area contributed by atoms with Crippen molar-refractivity contribution in [2.75, 3.05) is 31.1 Å². The highest BCUT2D eigenvalue weighted by Crippen LogP contribution is 2.28. The van der Waals surface area contributed by atoms with Crippen LogP contribution < -0.4 is 9.80 Å². The maximum absolute atomic E-state index is 10.4. The molecule has 3 nitrogen and oxygen atoms in total. The third kappa shape index (κ3) is 3.51. The Morgan fingerprint density at radius 1 is 0.960 bits per heavy atom. The lowest BCUT2D eigenvalue weighted by Gasteiger charge is -2.34. The second-order valence-corrected chi connectivity index (χ2v) is 7.59. The number of halogens is 1. The molecule has 1 fully saturated rings. The summed E-state index contributed by atoms with van der Waals surface area (Å²) in [4.78, 5) is 3.97. The monoisotopic (exact) mass is 397 g/mol. The number of rotatable bonds is 3. The number of quaternary nitrogens is 1. The topological polar surface area (TPSA) is 27.9 Å². The Hall–Kier alpha value is -2.04. The van der Waals surface area contributed by atoms with E-state index in [0.717, 1.165) is 48.1 Å². The molecule has 0 radical (unpaired) electrons. The summed E-state index contributed by atoms with van der Waals surface area (Å²) in [5.74, 6) is 0.410. The maximum Gasteiger partial charge on any atom is 0.125 e. The van der Waals surface area contributed by atoms with Crippen LogP contribution in [0.5, 0.6) is 5.75 Å². The van der Waals surface area contributed by atoms with Gasteiger partial charge in [-0.15, -0.1) is 0 Å². The molecule has 0 saturated carbocycles. The van der Waals surface area contributed by atoms with Gasteiger partial charge in [-0.25, -0.2) is 0 Å². The largest absolute Gasteiger partial charge is 0.507 e. The van der Waals surface area contributed by atoms with E-state index in [4.69, 9.17) is 0 Å². The van der Waals surface area contributed by atoms with Gasteiger partial charge >= 0.3 is 0 Å². The lowest BCUT2D eigenvalue weighted by molar-refractivity contribution is -0.914. The predicted molar refractivity (Wildman–Crippen MR) is 106 cm³/mol. The van der Waals surface area contributed by atoms with E-state index in [0.29, 0.717) is 5.75 Å². The molecular weight excluding hydrogens is 376 g/mol. The number of anilines is 1. The fourth-order valence-corrected chi connectivity index (χ4v) is 4.06. The van der Waals surface area contributed by atoms with Crippen molar-refractivity contribution in [1.29, 1.82) is 0 Å². The molecule has 1 saturated heterocycles. The van der Waals surface area contributed by atoms with Crippen molar-refractivity contribution in [1.82, 2.24) is 0 Å². The molecule has 0 atom stereocenters. The van der Waals surface area contributed by atoms with Gasteiger partial charge in [-0.1, -0.05) is 46.3 Å². The van der Waals surface area contributed by atoms with Gasteiger partial charge in [-0.2, -0.15) is 0 Å². The SMILES string of the molecule is Oc1ccc2cc(Br)ccc2c1C[NH+]1CCN(c2ccccc2)CC1. The molecule has 128 valence electrons. The number of hydrogen-bond donors (Lipinski definition) is 2. The standard InChI is InChI=1S/C21H21BrN2O/c22-17-7-8-19-16(14-17)6-9-21(25)20(19)15-23-10-12-24(13-11-23)18-4-2-1-3-5-18/h1-9,14,25H,10-13,15H2/p+1. The highest BCUT2D eigenvalue weighted by Gasteiger charge is 2.22. The number of benzene rings is 3. The molecule has 0 spiro atoms. The second-order valence-electron chi connectivity index (χ2n) is 6.68. The van der Waals surface area contributed by atoms with Crippen molar-refractivity contribution in [3.8, 4) is 5.75 Å². The molecule has 1 aliphatic rings. The Kier molecular flexibility index (Phi) is 4.64. The number of fused-ring (bicyclic) bond motifs is 1. The highest BCUT2D eigenvalue weighted by molar-refractivity contribution is 9.10. The first kappa shape index (κ1) is 16.4. The van der Waals surface area contributed by atoms with E-state index in [9.17, 15) is 5.11 Å². The Morgan fingerprint density at radius 2 is 1.72 bits per heavy atom. The first-order valence-corrected chi connectivity index (χ1v) is 9.54. The number of hydrogen-bond acceptors (Lipinski definition) is 2. The quantitative estimate of drug-likeness (QED) is 0.709. The molecule has 0 amide bonds. The van der Waals surface area contributed by atoms with Gasteiger partial charge in [0.15, 0.2) is 0 Å². The summed E-state index contributed by atoms with van der Waals surface area (Å²) in [6.07, 6.45) is 0. The number of aromatic hydroxyl groups is 1. The van der Waals surface area contributed by atoms with Crippen LogP contribution in [-0.4, -0.2) is 31.3 Å². The van der Waals surface area contributed by atoms with Crippen molar-refractivity contribution in [2.45, 2.75) is 6.54 Å². The van der Waals surface area contributed by atoms with Crippen LogP contribution in [0.2, 0.25) is 0 Å². The Balaban J connectivity index is 1.50. The van der Waals surface area contributed by atoms with E-state index in [-0.39, 0.29) is 0 Å². The molecule has 3 aromatic rings. The molecule has 4 rings (SSSR count). The average molecular weight is 398 g/mol. The Bertz CT molecular complexity index is 874. The minimum Gasteiger partial charge on any atom is -0.507 e. The Labute approximate surface area is 156 Å². The zero-order valence-corrected chi connectivity index (χ0v) is 15.7. The summed E-state index contributed by atoms with van der Waals surface area (Å²) in [7, 11) is 0. The van der Waals surface area contributed by atoms with Crippen molar-refractivity contribution < 1.29 is 10.0 Å². The van der Waals surface area contributed by atoms with Crippen LogP contribution in [-0.2, 0) is 6.54 Å². The first-order valence-electron chi connectivity index (χ1n) is 8.74. The van der Waals surface area contributed by atoms with Gasteiger partial charge < -0.3 is 14.9 Å². The van der Waals surface area contributed by atoms with Gasteiger partial charge in [0.05, 0.1) is 31.7 Å². The molecule has 0 unspecified atom stereocenters. The molecule has 4 heteroatoms. The van der Waals surface area contributed by atoms with Crippen LogP contribution in [0, 0.1) is 0 Å². The zero-order valence-electron chi connectivity index (χ0n) is 14.1. The maximum atomic E-state index is 10.4. The van der Waals surface area contributed by atoms with Crippen LogP contribution in [0.4, 0.5) is 5.69 Å². The Morgan fingerprint density at radius 3 is 2.48 bits per heavy atom. The molecule has 1 aliphatic heterocycles. The number of piperazine rings is 1. The van der Waals surface area contributed by atoms with Crippen LogP contribution in [0.15, 0.2) is 65.1 Å². The smallest absolute Gasteiger partial charge is 0.125 e. The van der Waals surface area contributed by atoms with Gasteiger partial charge in [0, 0.05) is 10.2 Å². The third-order valence-corrected chi connectivity index (χ3v) is 5.58. The van der Waals surface area contributed by atoms with Crippen LogP contribution in [0.1, 0.15) is 5.56 Å². The molecule has 0 aliphatic carbocycles. The summed E-state index contributed by atoms with van der Waals surface area (Å²) in [5.41, 5.74) is 2.37. The van der Waals surface area contributed by atoms with Crippen LogP contribution in [0.3, 0.4) is 0 Å². The second kappa shape index (κ2) is 7.06. The zero-order chi connectivity index (χ0) is 17.2. The number of nitrogens with zero attached hydrogens (tertiary/aromatic N) is 1. The molecule has 0 bridgehead atoms. The van der Waals surface area contributed by atoms with E-state index in [1.807, 2.05) is 18.2 Å². The molecular formula is C21H22BrN2O+. The summed E-state index contributed by atoms with van der Waals surface area (Å²) in [6, 6.07) is 20.7. The number of nitrogens with one attached hydrogen (secondary N) is 1. The normalized spacial score (nSPS) is 15.6. The van der Waals surface area contributed by atoms with E-state index >= 15 is 0 Å². The van der Waals surface area contributed by atoms with Gasteiger partial charge in [0.25, 0.3) is 0 Å². The molecule has 0 aromatic heterocycles. The molecule has 2 N–H and O–H groups in total. The number of phenolic OH excluding ortho intramolecular Hbond substituents is 1. The number of phenols is 1. The average Bonchev–Trinajstić information content (AvgIpc) is 2.65. The summed E-state index contributed by atoms with van der Waals surface area (Å²) >= 11 is 3.53. The molecule has 3 aromatic carbocycles. The van der Waals surface area contributed by atoms with E-state index in [2.05, 4.69) is 63.3 Å². The van der Waals surface area contributed by atoms with Gasteiger partial charge in [0.2, 0.25) is 0 Å². The first-order chi connectivity index (χ1) is 12.2. The predicted octanol–water partition coefficient (Wildman–Crippen LogP) is 3.21. The molecule has 25 heavy (non-hydrogen) atoms. The van der Waals surface area contributed by atoms with E-state index < -0.39 is 0 Å². The third-order valence-electron chi connectivity index (χ3n) is 5.09. The van der Waals surface area contributed by atoms with Gasteiger partial charge in [-0.3, -0.25) is 0 Å². The number of para-hydroxylation sites is 1.